The summed E-state index contributed by atoms with van der Waals surface area (Å²) in [5.74, 6) is 0. The Hall–Kier alpha value is -1.97. The maximum atomic E-state index is 11.9. The smallest absolute Gasteiger partial charge is 0.407 e. The number of hydrogen-bond donors (Lipinski definition) is 2. The molecule has 2 N–H and O–H groups in total. The first-order chi connectivity index (χ1) is 9.82. The van der Waals surface area contributed by atoms with Crippen LogP contribution in [0.2, 0.25) is 0 Å². The van der Waals surface area contributed by atoms with Crippen LogP contribution in [0.25, 0.3) is 10.9 Å². The maximum Gasteiger partial charge on any atom is 0.407 e. The molecule has 1 atom stereocenters. The number of hydrogen-bond acceptors (Lipinski definition) is 2. The van der Waals surface area contributed by atoms with Crippen LogP contribution in [0.4, 0.5) is 4.79 Å². The Kier molecular flexibility index (Phi) is 3.19. The van der Waals surface area contributed by atoms with E-state index in [1.54, 1.807) is 0 Å². The van der Waals surface area contributed by atoms with Crippen molar-refractivity contribution in [1.29, 1.82) is 0 Å². The predicted molar refractivity (Wildman–Crippen MR) is 83.6 cm³/mol. The molecule has 4 nitrogen and oxygen atoms in total. The largest absolute Gasteiger partial charge is 0.444 e. The average molecular weight is 286 g/mol. The molecule has 0 aliphatic heterocycles. The van der Waals surface area contributed by atoms with Crippen molar-refractivity contribution in [3.05, 3.63) is 35.0 Å². The number of aromatic nitrogens is 1. The number of fused-ring (bicyclic) bond motifs is 3. The number of alkyl carbamates (subject to hydrolysis) is 1. The second-order valence-corrected chi connectivity index (χ2v) is 6.88. The Morgan fingerprint density at radius 3 is 2.81 bits per heavy atom. The second kappa shape index (κ2) is 4.79. The third kappa shape index (κ3) is 2.89. The highest BCUT2D eigenvalue weighted by Crippen LogP contribution is 2.30. The van der Waals surface area contributed by atoms with Crippen molar-refractivity contribution in [3.63, 3.8) is 0 Å². The molecule has 1 aliphatic carbocycles. The number of aromatic amines is 1. The fourth-order valence-corrected chi connectivity index (χ4v) is 2.97. The van der Waals surface area contributed by atoms with Gasteiger partial charge in [-0.1, -0.05) is 11.6 Å². The van der Waals surface area contributed by atoms with Crippen molar-refractivity contribution in [1.82, 2.24) is 10.3 Å². The van der Waals surface area contributed by atoms with Crippen LogP contribution < -0.4 is 5.32 Å². The number of nitrogens with one attached hydrogen (secondary N) is 2. The first-order valence-corrected chi connectivity index (χ1v) is 7.41. The van der Waals surface area contributed by atoms with E-state index in [2.05, 4.69) is 35.4 Å². The van der Waals surface area contributed by atoms with Crippen molar-refractivity contribution in [2.75, 3.05) is 0 Å². The van der Waals surface area contributed by atoms with Gasteiger partial charge in [-0.25, -0.2) is 4.79 Å². The predicted octanol–water partition coefficient (Wildman–Crippen LogP) is 3.47. The second-order valence-electron chi connectivity index (χ2n) is 6.88. The van der Waals surface area contributed by atoms with Crippen LogP contribution in [-0.4, -0.2) is 22.7 Å². The highest BCUT2D eigenvalue weighted by molar-refractivity contribution is 5.86. The Bertz CT molecular complexity index is 695. The highest BCUT2D eigenvalue weighted by atomic mass is 16.6. The zero-order valence-corrected chi connectivity index (χ0v) is 13.0. The summed E-state index contributed by atoms with van der Waals surface area (Å²) in [5, 5.41) is 4.24. The monoisotopic (exact) mass is 286 g/mol. The van der Waals surface area contributed by atoms with Crippen LogP contribution in [0.3, 0.4) is 0 Å². The quantitative estimate of drug-likeness (QED) is 0.843. The Balaban J connectivity index is 1.73. The summed E-state index contributed by atoms with van der Waals surface area (Å²) in [4.78, 5) is 15.3. The lowest BCUT2D eigenvalue weighted by atomic mass is 10.1. The van der Waals surface area contributed by atoms with Crippen LogP contribution in [0, 0.1) is 6.92 Å². The molecule has 21 heavy (non-hydrogen) atoms. The van der Waals surface area contributed by atoms with Gasteiger partial charge < -0.3 is 15.0 Å². The number of carbonyl (C=O) groups is 1. The third-order valence-corrected chi connectivity index (χ3v) is 3.77. The van der Waals surface area contributed by atoms with Gasteiger partial charge in [0.05, 0.1) is 0 Å². The number of ether oxygens (including phenoxy) is 1. The van der Waals surface area contributed by atoms with Crippen molar-refractivity contribution in [3.8, 4) is 0 Å². The molecule has 4 heteroatoms. The topological polar surface area (TPSA) is 54.1 Å². The molecular formula is C17H22N2O2. The minimum atomic E-state index is -0.458. The third-order valence-electron chi connectivity index (χ3n) is 3.77. The van der Waals surface area contributed by atoms with Crippen LogP contribution >= 0.6 is 0 Å². The van der Waals surface area contributed by atoms with E-state index in [0.717, 1.165) is 12.8 Å². The summed E-state index contributed by atoms with van der Waals surface area (Å²) in [6, 6.07) is 6.57. The van der Waals surface area contributed by atoms with E-state index in [1.807, 2.05) is 20.8 Å². The van der Waals surface area contributed by atoms with Gasteiger partial charge in [0.25, 0.3) is 0 Å². The minimum Gasteiger partial charge on any atom is -0.444 e. The van der Waals surface area contributed by atoms with Crippen LogP contribution in [0.1, 0.15) is 37.6 Å². The Labute approximate surface area is 124 Å². The molecule has 1 aromatic heterocycles. The minimum absolute atomic E-state index is 0.117. The summed E-state index contributed by atoms with van der Waals surface area (Å²) in [6.45, 7) is 7.73. The zero-order chi connectivity index (χ0) is 15.2. The lowest BCUT2D eigenvalue weighted by Gasteiger charge is -2.21. The van der Waals surface area contributed by atoms with Gasteiger partial charge >= 0.3 is 6.09 Å². The van der Waals surface area contributed by atoms with E-state index in [9.17, 15) is 4.79 Å². The van der Waals surface area contributed by atoms with Crippen LogP contribution in [0.5, 0.6) is 0 Å². The summed E-state index contributed by atoms with van der Waals surface area (Å²) >= 11 is 0. The van der Waals surface area contributed by atoms with Gasteiger partial charge in [0, 0.05) is 29.1 Å². The van der Waals surface area contributed by atoms with E-state index < -0.39 is 5.60 Å². The molecule has 2 aromatic rings. The molecule has 0 unspecified atom stereocenters. The van der Waals surface area contributed by atoms with Gasteiger partial charge in [0.2, 0.25) is 0 Å². The average Bonchev–Trinajstić information content (AvgIpc) is 2.84. The summed E-state index contributed by atoms with van der Waals surface area (Å²) < 4.78 is 5.32. The summed E-state index contributed by atoms with van der Waals surface area (Å²) in [7, 11) is 0. The number of H-pyrrole nitrogens is 1. The van der Waals surface area contributed by atoms with Gasteiger partial charge in [-0.2, -0.15) is 0 Å². The van der Waals surface area contributed by atoms with E-state index in [0.29, 0.717) is 0 Å². The number of aryl methyl sites for hydroxylation is 1. The van der Waals surface area contributed by atoms with Crippen LogP contribution in [0.15, 0.2) is 18.2 Å². The number of benzene rings is 1. The lowest BCUT2D eigenvalue weighted by molar-refractivity contribution is 0.0506. The van der Waals surface area contributed by atoms with Crippen molar-refractivity contribution in [2.24, 2.45) is 0 Å². The SMILES string of the molecule is Cc1ccc2[nH]c3c(c2c1)C[C@H](NC(=O)OC(C)(C)C)C3. The van der Waals surface area contributed by atoms with E-state index in [1.165, 1.54) is 27.7 Å². The number of amides is 1. The maximum absolute atomic E-state index is 11.9. The van der Waals surface area contributed by atoms with Crippen LogP contribution in [-0.2, 0) is 17.6 Å². The van der Waals surface area contributed by atoms with E-state index >= 15 is 0 Å². The molecule has 1 heterocycles. The molecule has 0 radical (unpaired) electrons. The van der Waals surface area contributed by atoms with Gasteiger partial charge in [-0.05, 0) is 51.8 Å². The fraction of sp³-hybridized carbons (Fsp3) is 0.471. The lowest BCUT2D eigenvalue weighted by Crippen LogP contribution is -2.39. The fourth-order valence-electron chi connectivity index (χ4n) is 2.97. The Morgan fingerprint density at radius 1 is 1.33 bits per heavy atom. The molecule has 0 fully saturated rings. The summed E-state index contributed by atoms with van der Waals surface area (Å²) in [6.07, 6.45) is 1.36. The van der Waals surface area contributed by atoms with Crippen molar-refractivity contribution < 1.29 is 9.53 Å². The summed E-state index contributed by atoms with van der Waals surface area (Å²) in [5.41, 5.74) is 4.54. The van der Waals surface area contributed by atoms with Gasteiger partial charge in [0.15, 0.2) is 0 Å². The molecule has 112 valence electrons. The molecule has 0 spiro atoms. The molecule has 0 saturated heterocycles. The van der Waals surface area contributed by atoms with E-state index in [-0.39, 0.29) is 12.1 Å². The molecule has 1 amide bonds. The molecular weight excluding hydrogens is 264 g/mol. The van der Waals surface area contributed by atoms with Gasteiger partial charge in [-0.3, -0.25) is 0 Å². The number of rotatable bonds is 1. The zero-order valence-electron chi connectivity index (χ0n) is 13.0. The number of carbonyl (C=O) groups excluding carboxylic acids is 1. The van der Waals surface area contributed by atoms with Gasteiger partial charge in [0.1, 0.15) is 5.60 Å². The first kappa shape index (κ1) is 14.0. The van der Waals surface area contributed by atoms with Gasteiger partial charge in [-0.15, -0.1) is 0 Å². The first-order valence-electron chi connectivity index (χ1n) is 7.41. The normalized spacial score (nSPS) is 17.8. The molecule has 3 rings (SSSR count). The van der Waals surface area contributed by atoms with Crippen molar-refractivity contribution in [2.45, 2.75) is 52.2 Å². The molecule has 1 aromatic carbocycles. The molecule has 0 bridgehead atoms. The van der Waals surface area contributed by atoms with Crippen molar-refractivity contribution >= 4 is 17.0 Å². The van der Waals surface area contributed by atoms with E-state index in [4.69, 9.17) is 4.74 Å². The molecule has 0 saturated carbocycles. The standard InChI is InChI=1S/C17H22N2O2/c1-10-5-6-14-12(7-10)13-8-11(9-15(13)19-14)18-16(20)21-17(2,3)4/h5-7,11,19H,8-9H2,1-4H3,(H,18,20)/t11-/m0/s1. The highest BCUT2D eigenvalue weighted by Gasteiger charge is 2.28. The Morgan fingerprint density at radius 2 is 2.10 bits per heavy atom. The molecule has 1 aliphatic rings.